The van der Waals surface area contributed by atoms with Gasteiger partial charge < -0.3 is 5.32 Å². The van der Waals surface area contributed by atoms with Gasteiger partial charge in [0.15, 0.2) is 5.17 Å². The summed E-state index contributed by atoms with van der Waals surface area (Å²) < 4.78 is 0. The molecule has 0 aromatic heterocycles. The molecule has 0 unspecified atom stereocenters. The van der Waals surface area contributed by atoms with E-state index < -0.39 is 5.25 Å². The number of amidine groups is 1. The van der Waals surface area contributed by atoms with Gasteiger partial charge in [-0.2, -0.15) is 0 Å². The number of benzene rings is 1. The maximum absolute atomic E-state index is 12.4. The van der Waals surface area contributed by atoms with E-state index in [2.05, 4.69) is 10.3 Å². The zero-order valence-electron chi connectivity index (χ0n) is 12.5. The average Bonchev–Trinajstić information content (AvgIpc) is 2.47. The normalized spacial score (nSPS) is 20.3. The highest BCUT2D eigenvalue weighted by molar-refractivity contribution is 8.15. The molecule has 1 aromatic rings. The fraction of sp³-hybridized carbons (Fsp3) is 0.400. The Balaban J connectivity index is 2.10. The predicted octanol–water partition coefficient (Wildman–Crippen LogP) is 3.01. The Labute approximate surface area is 139 Å². The van der Waals surface area contributed by atoms with Crippen LogP contribution in [0.15, 0.2) is 29.3 Å². The summed E-state index contributed by atoms with van der Waals surface area (Å²) in [4.78, 5) is 30.5. The molecule has 5 nitrogen and oxygen atoms in total. The monoisotopic (exact) mass is 339 g/mol. The maximum atomic E-state index is 12.4. The van der Waals surface area contributed by atoms with Gasteiger partial charge in [-0.05, 0) is 32.0 Å². The van der Waals surface area contributed by atoms with E-state index in [0.29, 0.717) is 29.0 Å². The maximum Gasteiger partial charge on any atom is 0.238 e. The molecule has 1 heterocycles. The van der Waals surface area contributed by atoms with Crippen molar-refractivity contribution < 1.29 is 9.59 Å². The fourth-order valence-electron chi connectivity index (χ4n) is 2.11. The van der Waals surface area contributed by atoms with E-state index in [1.807, 2.05) is 13.8 Å². The molecule has 2 amide bonds. The van der Waals surface area contributed by atoms with Crippen molar-refractivity contribution in [1.82, 2.24) is 4.90 Å². The third kappa shape index (κ3) is 4.01. The molecule has 0 aliphatic carbocycles. The van der Waals surface area contributed by atoms with E-state index in [-0.39, 0.29) is 18.2 Å². The molecule has 7 heteroatoms. The van der Waals surface area contributed by atoms with E-state index in [1.165, 1.54) is 11.8 Å². The van der Waals surface area contributed by atoms with Crippen molar-refractivity contribution in [2.45, 2.75) is 25.5 Å². The van der Waals surface area contributed by atoms with E-state index in [9.17, 15) is 9.59 Å². The van der Waals surface area contributed by atoms with Crippen molar-refractivity contribution in [2.24, 2.45) is 4.99 Å². The summed E-state index contributed by atoms with van der Waals surface area (Å²) in [5.74, 6) is -0.278. The van der Waals surface area contributed by atoms with Crippen LogP contribution in [0.5, 0.6) is 0 Å². The summed E-state index contributed by atoms with van der Waals surface area (Å²) in [7, 11) is 0. The van der Waals surface area contributed by atoms with Crippen LogP contribution in [0, 0.1) is 0 Å². The number of carbonyl (C=O) groups excluding carboxylic acids is 2. The lowest BCUT2D eigenvalue weighted by Gasteiger charge is -2.30. The van der Waals surface area contributed by atoms with Crippen LogP contribution < -0.4 is 5.32 Å². The van der Waals surface area contributed by atoms with E-state index in [0.717, 1.165) is 0 Å². The Bertz CT molecular complexity index is 606. The van der Waals surface area contributed by atoms with Gasteiger partial charge >= 0.3 is 0 Å². The van der Waals surface area contributed by atoms with Gasteiger partial charge in [-0.25, -0.2) is 0 Å². The first-order chi connectivity index (χ1) is 10.5. The van der Waals surface area contributed by atoms with Crippen LogP contribution in [0.3, 0.4) is 0 Å². The molecule has 2 rings (SSSR count). The van der Waals surface area contributed by atoms with Crippen molar-refractivity contribution in [2.75, 3.05) is 18.4 Å². The van der Waals surface area contributed by atoms with Crippen LogP contribution in [0.25, 0.3) is 0 Å². The highest BCUT2D eigenvalue weighted by atomic mass is 35.5. The number of halogens is 1. The Morgan fingerprint density at radius 3 is 2.91 bits per heavy atom. The third-order valence-corrected chi connectivity index (χ3v) is 4.59. The third-order valence-electron chi connectivity index (χ3n) is 3.13. The smallest absolute Gasteiger partial charge is 0.238 e. The summed E-state index contributed by atoms with van der Waals surface area (Å²) in [6.45, 7) is 4.94. The molecular formula is C15H18ClN3O2S. The van der Waals surface area contributed by atoms with E-state index in [1.54, 1.807) is 29.2 Å². The second-order valence-corrected chi connectivity index (χ2v) is 6.31. The SMILES string of the molecule is CCN=C1S[C@H](C(=O)Nc2cccc(Cl)c2)CC(=O)N1CC. The summed E-state index contributed by atoms with van der Waals surface area (Å²) in [5, 5.41) is 3.50. The lowest BCUT2D eigenvalue weighted by Crippen LogP contribution is -2.45. The van der Waals surface area contributed by atoms with Crippen LogP contribution in [0.2, 0.25) is 5.02 Å². The van der Waals surface area contributed by atoms with Crippen LogP contribution in [0.4, 0.5) is 5.69 Å². The second kappa shape index (κ2) is 7.65. The first-order valence-corrected chi connectivity index (χ1v) is 8.38. The summed E-state index contributed by atoms with van der Waals surface area (Å²) in [6.07, 6.45) is 0.174. The van der Waals surface area contributed by atoms with Gasteiger partial charge in [0, 0.05) is 30.2 Å². The summed E-state index contributed by atoms with van der Waals surface area (Å²) >= 11 is 7.24. The Hall–Kier alpha value is -1.53. The number of nitrogens with one attached hydrogen (secondary N) is 1. The number of nitrogens with zero attached hydrogens (tertiary/aromatic N) is 2. The quantitative estimate of drug-likeness (QED) is 0.917. The minimum absolute atomic E-state index is 0.0697. The standard InChI is InChI=1S/C15H18ClN3O2S/c1-3-17-15-19(4-2)13(20)9-12(22-15)14(21)18-11-7-5-6-10(16)8-11/h5-8,12H,3-4,9H2,1-2H3,(H,18,21)/t12-/m0/s1. The molecule has 0 bridgehead atoms. The van der Waals surface area contributed by atoms with Crippen LogP contribution >= 0.6 is 23.4 Å². The van der Waals surface area contributed by atoms with Gasteiger partial charge in [-0.3, -0.25) is 19.5 Å². The first-order valence-electron chi connectivity index (χ1n) is 7.13. The molecule has 22 heavy (non-hydrogen) atoms. The van der Waals surface area contributed by atoms with Crippen molar-refractivity contribution in [1.29, 1.82) is 0 Å². The number of aliphatic imine (C=N–C) groups is 1. The molecule has 1 aromatic carbocycles. The number of rotatable bonds is 4. The van der Waals surface area contributed by atoms with Crippen molar-refractivity contribution in [3.63, 3.8) is 0 Å². The molecule has 1 N–H and O–H groups in total. The number of hydrogen-bond acceptors (Lipinski definition) is 4. The lowest BCUT2D eigenvalue weighted by molar-refractivity contribution is -0.129. The van der Waals surface area contributed by atoms with Gasteiger partial charge in [0.1, 0.15) is 5.25 Å². The molecule has 0 radical (unpaired) electrons. The highest BCUT2D eigenvalue weighted by Gasteiger charge is 2.34. The highest BCUT2D eigenvalue weighted by Crippen LogP contribution is 2.28. The van der Waals surface area contributed by atoms with Crippen molar-refractivity contribution >= 4 is 46.0 Å². The molecule has 1 fully saturated rings. The zero-order valence-corrected chi connectivity index (χ0v) is 14.1. The summed E-state index contributed by atoms with van der Waals surface area (Å²) in [6, 6.07) is 6.94. The molecular weight excluding hydrogens is 322 g/mol. The van der Waals surface area contributed by atoms with Crippen molar-refractivity contribution in [3.05, 3.63) is 29.3 Å². The molecule has 0 spiro atoms. The molecule has 118 valence electrons. The average molecular weight is 340 g/mol. The minimum Gasteiger partial charge on any atom is -0.325 e. The topological polar surface area (TPSA) is 61.8 Å². The lowest BCUT2D eigenvalue weighted by atomic mass is 10.2. The Morgan fingerprint density at radius 1 is 1.50 bits per heavy atom. The first kappa shape index (κ1) is 16.8. The number of thioether (sulfide) groups is 1. The van der Waals surface area contributed by atoms with Gasteiger partial charge in [-0.15, -0.1) is 0 Å². The number of anilines is 1. The largest absolute Gasteiger partial charge is 0.325 e. The van der Waals surface area contributed by atoms with Gasteiger partial charge in [0.25, 0.3) is 0 Å². The second-order valence-electron chi connectivity index (χ2n) is 4.71. The number of hydrogen-bond donors (Lipinski definition) is 1. The minimum atomic E-state index is -0.473. The van der Waals surface area contributed by atoms with E-state index in [4.69, 9.17) is 11.6 Å². The van der Waals surface area contributed by atoms with Gasteiger partial charge in [0.2, 0.25) is 11.8 Å². The van der Waals surface area contributed by atoms with Gasteiger partial charge in [0.05, 0.1) is 0 Å². The molecule has 1 aliphatic heterocycles. The van der Waals surface area contributed by atoms with Crippen LogP contribution in [-0.4, -0.2) is 40.2 Å². The molecule has 1 atom stereocenters. The van der Waals surface area contributed by atoms with Crippen molar-refractivity contribution in [3.8, 4) is 0 Å². The Kier molecular flexibility index (Phi) is 5.85. The number of amides is 2. The summed E-state index contributed by atoms with van der Waals surface area (Å²) in [5.41, 5.74) is 0.623. The fourth-order valence-corrected chi connectivity index (χ4v) is 3.51. The molecule has 1 aliphatic rings. The van der Waals surface area contributed by atoms with Gasteiger partial charge in [-0.1, -0.05) is 29.4 Å². The Morgan fingerprint density at radius 2 is 2.27 bits per heavy atom. The van der Waals surface area contributed by atoms with Crippen LogP contribution in [0.1, 0.15) is 20.3 Å². The zero-order chi connectivity index (χ0) is 16.1. The van der Waals surface area contributed by atoms with Crippen LogP contribution in [-0.2, 0) is 9.59 Å². The number of carbonyl (C=O) groups is 2. The molecule has 0 saturated carbocycles. The molecule has 1 saturated heterocycles. The predicted molar refractivity (Wildman–Crippen MR) is 91.4 cm³/mol. The van der Waals surface area contributed by atoms with E-state index >= 15 is 0 Å².